The van der Waals surface area contributed by atoms with E-state index in [-0.39, 0.29) is 18.1 Å². The highest BCUT2D eigenvalue weighted by Crippen LogP contribution is 2.26. The van der Waals surface area contributed by atoms with E-state index in [2.05, 4.69) is 47.3 Å². The Morgan fingerprint density at radius 2 is 1.83 bits per heavy atom. The molecule has 2 amide bonds. The fourth-order valence-corrected chi connectivity index (χ4v) is 5.00. The number of piperidine rings is 1. The summed E-state index contributed by atoms with van der Waals surface area (Å²) in [6, 6.07) is 15.9. The van der Waals surface area contributed by atoms with Gasteiger partial charge in [0.1, 0.15) is 0 Å². The number of hydrogen-bond acceptors (Lipinski definition) is 3. The van der Waals surface area contributed by atoms with E-state index in [1.165, 1.54) is 11.8 Å². The molecule has 1 aliphatic rings. The van der Waals surface area contributed by atoms with Gasteiger partial charge in [0.25, 0.3) is 0 Å². The zero-order valence-electron chi connectivity index (χ0n) is 17.9. The number of amides is 2. The summed E-state index contributed by atoms with van der Waals surface area (Å²) in [7, 11) is -3.37. The normalized spacial score (nSPS) is 19.5. The average molecular weight is 430 g/mol. The fourth-order valence-electron chi connectivity index (χ4n) is 4.17. The first-order valence-electron chi connectivity index (χ1n) is 10.4. The van der Waals surface area contributed by atoms with Crippen molar-refractivity contribution in [2.45, 2.75) is 45.2 Å². The molecule has 2 N–H and O–H groups in total. The smallest absolute Gasteiger partial charge is 0.317 e. The number of sulfonamides is 1. The number of hydrogen-bond donors (Lipinski definition) is 2. The molecule has 0 aliphatic carbocycles. The Morgan fingerprint density at radius 3 is 2.50 bits per heavy atom. The topological polar surface area (TPSA) is 78.5 Å². The van der Waals surface area contributed by atoms with Gasteiger partial charge in [-0.2, -0.15) is 0 Å². The van der Waals surface area contributed by atoms with E-state index < -0.39 is 10.0 Å². The lowest BCUT2D eigenvalue weighted by Gasteiger charge is -2.41. The Bertz CT molecular complexity index is 991. The third-order valence-corrected chi connectivity index (χ3v) is 6.19. The number of aryl methyl sites for hydroxylation is 1. The van der Waals surface area contributed by atoms with Crippen molar-refractivity contribution in [3.63, 3.8) is 0 Å². The summed E-state index contributed by atoms with van der Waals surface area (Å²) in [6.45, 7) is 5.11. The van der Waals surface area contributed by atoms with E-state index in [0.29, 0.717) is 25.9 Å². The van der Waals surface area contributed by atoms with Crippen LogP contribution in [0.4, 0.5) is 4.79 Å². The van der Waals surface area contributed by atoms with Crippen molar-refractivity contribution < 1.29 is 13.2 Å². The van der Waals surface area contributed by atoms with Gasteiger partial charge in [0.15, 0.2) is 0 Å². The highest BCUT2D eigenvalue weighted by Gasteiger charge is 2.35. The summed E-state index contributed by atoms with van der Waals surface area (Å²) < 4.78 is 26.6. The Kier molecular flexibility index (Phi) is 7.15. The van der Waals surface area contributed by atoms with Crippen LogP contribution in [0.25, 0.3) is 11.1 Å². The van der Waals surface area contributed by atoms with Crippen LogP contribution in [0.5, 0.6) is 0 Å². The van der Waals surface area contributed by atoms with Crippen LogP contribution in [0.1, 0.15) is 30.9 Å². The molecule has 30 heavy (non-hydrogen) atoms. The molecule has 2 atom stereocenters. The molecule has 0 radical (unpaired) electrons. The van der Waals surface area contributed by atoms with Gasteiger partial charge in [0.05, 0.1) is 12.3 Å². The van der Waals surface area contributed by atoms with Gasteiger partial charge in [-0.3, -0.25) is 0 Å². The van der Waals surface area contributed by atoms with Gasteiger partial charge in [0, 0.05) is 19.1 Å². The quantitative estimate of drug-likeness (QED) is 0.739. The van der Waals surface area contributed by atoms with E-state index in [1.807, 2.05) is 25.1 Å². The van der Waals surface area contributed by atoms with Crippen molar-refractivity contribution >= 4 is 16.1 Å². The van der Waals surface area contributed by atoms with Crippen LogP contribution in [0.3, 0.4) is 0 Å². The second-order valence-electron chi connectivity index (χ2n) is 8.01. The Hall–Kier alpha value is -2.38. The lowest BCUT2D eigenvalue weighted by atomic mass is 9.90. The van der Waals surface area contributed by atoms with Crippen molar-refractivity contribution in [2.75, 3.05) is 19.3 Å². The zero-order chi connectivity index (χ0) is 21.7. The molecule has 6 nitrogen and oxygen atoms in total. The predicted molar refractivity (Wildman–Crippen MR) is 121 cm³/mol. The van der Waals surface area contributed by atoms with E-state index in [4.69, 9.17) is 0 Å². The first-order valence-corrected chi connectivity index (χ1v) is 12.3. The molecule has 0 aromatic heterocycles. The van der Waals surface area contributed by atoms with E-state index >= 15 is 0 Å². The number of carbonyl (C=O) groups is 1. The van der Waals surface area contributed by atoms with Crippen molar-refractivity contribution in [1.82, 2.24) is 14.9 Å². The van der Waals surface area contributed by atoms with Crippen molar-refractivity contribution in [3.8, 4) is 11.1 Å². The minimum Gasteiger partial charge on any atom is -0.338 e. The summed E-state index contributed by atoms with van der Waals surface area (Å²) in [4.78, 5) is 14.5. The summed E-state index contributed by atoms with van der Waals surface area (Å²) in [5.41, 5.74) is 4.54. The largest absolute Gasteiger partial charge is 0.338 e. The number of rotatable bonds is 6. The molecule has 0 unspecified atom stereocenters. The van der Waals surface area contributed by atoms with E-state index in [1.54, 1.807) is 4.90 Å². The molecular weight excluding hydrogens is 398 g/mol. The average Bonchev–Trinajstić information content (AvgIpc) is 2.68. The van der Waals surface area contributed by atoms with Gasteiger partial charge >= 0.3 is 6.03 Å². The molecule has 2 aromatic carbocycles. The number of urea groups is 1. The monoisotopic (exact) mass is 429 g/mol. The van der Waals surface area contributed by atoms with Crippen LogP contribution >= 0.6 is 0 Å². The van der Waals surface area contributed by atoms with Gasteiger partial charge < -0.3 is 10.2 Å². The highest BCUT2D eigenvalue weighted by molar-refractivity contribution is 7.88. The minimum atomic E-state index is -3.37. The van der Waals surface area contributed by atoms with E-state index in [0.717, 1.165) is 23.1 Å². The second kappa shape index (κ2) is 9.62. The first-order chi connectivity index (χ1) is 14.3. The molecule has 2 aromatic rings. The summed E-state index contributed by atoms with van der Waals surface area (Å²) >= 11 is 0. The van der Waals surface area contributed by atoms with Crippen molar-refractivity contribution in [1.29, 1.82) is 0 Å². The van der Waals surface area contributed by atoms with Crippen molar-refractivity contribution in [2.24, 2.45) is 0 Å². The van der Waals surface area contributed by atoms with Gasteiger partial charge in [-0.15, -0.1) is 0 Å². The van der Waals surface area contributed by atoms with Crippen molar-refractivity contribution in [3.05, 3.63) is 59.7 Å². The molecule has 1 heterocycles. The summed E-state index contributed by atoms with van der Waals surface area (Å²) in [5.74, 6) is 0. The second-order valence-corrected chi connectivity index (χ2v) is 9.79. The number of benzene rings is 2. The van der Waals surface area contributed by atoms with Crippen LogP contribution in [-0.4, -0.2) is 50.8 Å². The SMILES string of the molecule is CCNC(=O)N1CCC[C@H](NS(C)(=O)=O)[C@@H]1Cc1cccc(-c2cccc(C)c2)c1. The van der Waals surface area contributed by atoms with Crippen LogP contribution in [0, 0.1) is 6.92 Å². The van der Waals surface area contributed by atoms with Gasteiger partial charge in [-0.25, -0.2) is 17.9 Å². The standard InChI is InChI=1S/C23H31N3O3S/c1-4-24-23(27)26-13-7-12-21(25-30(3,28)29)22(26)16-18-9-6-11-20(15-18)19-10-5-8-17(2)14-19/h5-6,8-11,14-15,21-22,25H,4,7,12-13,16H2,1-3H3,(H,24,27)/t21-,22-/m0/s1. The lowest BCUT2D eigenvalue weighted by molar-refractivity contribution is 0.134. The summed E-state index contributed by atoms with van der Waals surface area (Å²) in [6.07, 6.45) is 3.24. The highest BCUT2D eigenvalue weighted by atomic mass is 32.2. The summed E-state index contributed by atoms with van der Waals surface area (Å²) in [5, 5.41) is 2.87. The third-order valence-electron chi connectivity index (χ3n) is 5.46. The first kappa shape index (κ1) is 22.3. The fraction of sp³-hybridized carbons (Fsp3) is 0.435. The van der Waals surface area contributed by atoms with Crippen LogP contribution in [0.2, 0.25) is 0 Å². The molecular formula is C23H31N3O3S. The van der Waals surface area contributed by atoms with Gasteiger partial charge in [-0.05, 0) is 49.8 Å². The van der Waals surface area contributed by atoms with Gasteiger partial charge in [-0.1, -0.05) is 54.1 Å². The lowest BCUT2D eigenvalue weighted by Crippen LogP contribution is -2.59. The van der Waals surface area contributed by atoms with Crippen LogP contribution < -0.4 is 10.0 Å². The Morgan fingerprint density at radius 1 is 1.13 bits per heavy atom. The number of nitrogens with one attached hydrogen (secondary N) is 2. The Balaban J connectivity index is 1.90. The molecule has 7 heteroatoms. The molecule has 0 bridgehead atoms. The molecule has 0 spiro atoms. The number of likely N-dealkylation sites (tertiary alicyclic amines) is 1. The maximum Gasteiger partial charge on any atom is 0.317 e. The van der Waals surface area contributed by atoms with Gasteiger partial charge in [0.2, 0.25) is 10.0 Å². The number of carbonyl (C=O) groups excluding carboxylic acids is 1. The molecule has 1 aliphatic heterocycles. The maximum atomic E-state index is 12.7. The maximum absolute atomic E-state index is 12.7. The van der Waals surface area contributed by atoms with E-state index in [9.17, 15) is 13.2 Å². The van der Waals surface area contributed by atoms with Crippen LogP contribution in [-0.2, 0) is 16.4 Å². The minimum absolute atomic E-state index is 0.141. The third kappa shape index (κ3) is 5.83. The zero-order valence-corrected chi connectivity index (χ0v) is 18.7. The molecule has 162 valence electrons. The molecule has 3 rings (SSSR count). The molecule has 1 saturated heterocycles. The predicted octanol–water partition coefficient (Wildman–Crippen LogP) is 3.32. The number of nitrogens with zero attached hydrogens (tertiary/aromatic N) is 1. The molecule has 1 fully saturated rings. The Labute approximate surface area is 179 Å². The van der Waals surface area contributed by atoms with Crippen LogP contribution in [0.15, 0.2) is 48.5 Å². The molecule has 0 saturated carbocycles.